The van der Waals surface area contributed by atoms with E-state index in [1.807, 2.05) is 0 Å². The highest BCUT2D eigenvalue weighted by Crippen LogP contribution is 2.36. The van der Waals surface area contributed by atoms with Crippen LogP contribution in [0.15, 0.2) is 29.2 Å². The molecule has 23 heavy (non-hydrogen) atoms. The van der Waals surface area contributed by atoms with E-state index >= 15 is 0 Å². The Labute approximate surface area is 135 Å². The number of hydrogen-bond donors (Lipinski definition) is 1. The fourth-order valence-corrected chi connectivity index (χ4v) is 4.92. The summed E-state index contributed by atoms with van der Waals surface area (Å²) in [4.78, 5) is 23.2. The third-order valence-electron chi connectivity index (χ3n) is 4.79. The van der Waals surface area contributed by atoms with E-state index in [2.05, 4.69) is 0 Å². The van der Waals surface area contributed by atoms with Crippen molar-refractivity contribution >= 4 is 21.6 Å². The number of sulfone groups is 1. The maximum Gasteiger partial charge on any atom is 0.310 e. The second kappa shape index (κ2) is 6.07. The largest absolute Gasteiger partial charge is 0.481 e. The van der Waals surface area contributed by atoms with Crippen LogP contribution in [0.3, 0.4) is 0 Å². The maximum atomic E-state index is 12.2. The molecule has 5 nitrogen and oxygen atoms in total. The molecule has 2 atom stereocenters. The van der Waals surface area contributed by atoms with Crippen LogP contribution >= 0.6 is 0 Å². The van der Waals surface area contributed by atoms with Crippen molar-refractivity contribution in [2.75, 3.05) is 0 Å². The van der Waals surface area contributed by atoms with Gasteiger partial charge in [-0.15, -0.1) is 0 Å². The fraction of sp³-hybridized carbons (Fsp3) is 0.529. The van der Waals surface area contributed by atoms with Crippen LogP contribution < -0.4 is 0 Å². The summed E-state index contributed by atoms with van der Waals surface area (Å²) < 4.78 is 24.3. The van der Waals surface area contributed by atoms with E-state index in [9.17, 15) is 23.1 Å². The Morgan fingerprint density at radius 3 is 2.30 bits per heavy atom. The van der Waals surface area contributed by atoms with Crippen LogP contribution in [0.1, 0.15) is 50.0 Å². The number of carboxylic acids is 1. The van der Waals surface area contributed by atoms with E-state index in [1.54, 1.807) is 12.1 Å². The topological polar surface area (TPSA) is 88.5 Å². The lowest BCUT2D eigenvalue weighted by atomic mass is 9.88. The molecule has 0 spiro atoms. The van der Waals surface area contributed by atoms with Crippen molar-refractivity contribution in [1.82, 2.24) is 0 Å². The molecule has 3 rings (SSSR count). The van der Waals surface area contributed by atoms with Gasteiger partial charge in [0.1, 0.15) is 5.78 Å². The van der Waals surface area contributed by atoms with Gasteiger partial charge in [-0.1, -0.05) is 12.1 Å². The second-order valence-electron chi connectivity index (χ2n) is 6.59. The van der Waals surface area contributed by atoms with Gasteiger partial charge in [0.05, 0.1) is 16.1 Å². The Kier molecular flexibility index (Phi) is 4.27. The van der Waals surface area contributed by atoms with Gasteiger partial charge in [-0.2, -0.15) is 0 Å². The van der Waals surface area contributed by atoms with E-state index in [0.29, 0.717) is 37.7 Å². The van der Waals surface area contributed by atoms with Crippen LogP contribution in [0, 0.1) is 5.92 Å². The summed E-state index contributed by atoms with van der Waals surface area (Å²) in [6.45, 7) is 0. The summed E-state index contributed by atoms with van der Waals surface area (Å²) in [5.74, 6) is -1.31. The minimum Gasteiger partial charge on any atom is -0.481 e. The van der Waals surface area contributed by atoms with Crippen LogP contribution in [-0.4, -0.2) is 30.5 Å². The van der Waals surface area contributed by atoms with Gasteiger partial charge in [0, 0.05) is 12.8 Å². The SMILES string of the molecule is O=C1CCC(CC(C(=O)O)c2ccc(S(=O)(=O)C3CC3)cc2)C1. The van der Waals surface area contributed by atoms with Crippen LogP contribution in [0.2, 0.25) is 0 Å². The van der Waals surface area contributed by atoms with Gasteiger partial charge in [-0.3, -0.25) is 9.59 Å². The van der Waals surface area contributed by atoms with Crippen LogP contribution in [0.5, 0.6) is 0 Å². The zero-order valence-electron chi connectivity index (χ0n) is 12.8. The third kappa shape index (κ3) is 3.47. The smallest absolute Gasteiger partial charge is 0.310 e. The number of aliphatic carboxylic acids is 1. The summed E-state index contributed by atoms with van der Waals surface area (Å²) in [6.07, 6.45) is 3.58. The van der Waals surface area contributed by atoms with Crippen molar-refractivity contribution in [3.05, 3.63) is 29.8 Å². The molecule has 2 aliphatic carbocycles. The van der Waals surface area contributed by atoms with Gasteiger partial charge in [0.15, 0.2) is 9.84 Å². The van der Waals surface area contributed by atoms with E-state index in [1.165, 1.54) is 12.1 Å². The maximum absolute atomic E-state index is 12.2. The molecule has 1 aromatic rings. The van der Waals surface area contributed by atoms with E-state index in [4.69, 9.17) is 0 Å². The molecule has 0 heterocycles. The van der Waals surface area contributed by atoms with E-state index < -0.39 is 21.7 Å². The molecular formula is C17H20O5S. The monoisotopic (exact) mass is 336 g/mol. The highest BCUT2D eigenvalue weighted by molar-refractivity contribution is 7.92. The van der Waals surface area contributed by atoms with Gasteiger partial charge in [0.25, 0.3) is 0 Å². The van der Waals surface area contributed by atoms with Crippen molar-refractivity contribution < 1.29 is 23.1 Å². The Hall–Kier alpha value is -1.69. The number of benzene rings is 1. The van der Waals surface area contributed by atoms with Crippen molar-refractivity contribution in [3.63, 3.8) is 0 Å². The van der Waals surface area contributed by atoms with E-state index in [-0.39, 0.29) is 21.8 Å². The number of carbonyl (C=O) groups is 2. The zero-order valence-corrected chi connectivity index (χ0v) is 13.6. The average molecular weight is 336 g/mol. The highest BCUT2D eigenvalue weighted by atomic mass is 32.2. The number of carbonyl (C=O) groups excluding carboxylic acids is 1. The van der Waals surface area contributed by atoms with Crippen molar-refractivity contribution in [3.8, 4) is 0 Å². The Morgan fingerprint density at radius 2 is 1.83 bits per heavy atom. The van der Waals surface area contributed by atoms with Gasteiger partial charge in [-0.25, -0.2) is 8.42 Å². The number of hydrogen-bond acceptors (Lipinski definition) is 4. The lowest BCUT2D eigenvalue weighted by Gasteiger charge is -2.17. The molecule has 1 aromatic carbocycles. The van der Waals surface area contributed by atoms with Gasteiger partial charge < -0.3 is 5.11 Å². The Balaban J connectivity index is 1.77. The van der Waals surface area contributed by atoms with Crippen molar-refractivity contribution in [2.24, 2.45) is 5.92 Å². The van der Waals surface area contributed by atoms with Gasteiger partial charge in [0.2, 0.25) is 0 Å². The molecular weight excluding hydrogens is 316 g/mol. The van der Waals surface area contributed by atoms with Crippen LogP contribution in [-0.2, 0) is 19.4 Å². The molecule has 2 aliphatic rings. The molecule has 2 fully saturated rings. The first-order valence-corrected chi connectivity index (χ1v) is 9.51. The molecule has 1 N–H and O–H groups in total. The normalized spacial score (nSPS) is 23.0. The zero-order chi connectivity index (χ0) is 16.6. The predicted molar refractivity (Wildman–Crippen MR) is 84.0 cm³/mol. The van der Waals surface area contributed by atoms with Gasteiger partial charge in [-0.05, 0) is 49.3 Å². The summed E-state index contributed by atoms with van der Waals surface area (Å²) in [5, 5.41) is 9.21. The average Bonchev–Trinajstić information content (AvgIpc) is 3.29. The molecule has 0 radical (unpaired) electrons. The predicted octanol–water partition coefficient (Wildman–Crippen LogP) is 2.55. The number of rotatable bonds is 6. The molecule has 124 valence electrons. The fourth-order valence-electron chi connectivity index (χ4n) is 3.27. The number of carboxylic acid groups (broad SMARTS) is 1. The quantitative estimate of drug-likeness (QED) is 0.862. The Morgan fingerprint density at radius 1 is 1.17 bits per heavy atom. The number of ketones is 1. The first-order valence-electron chi connectivity index (χ1n) is 7.96. The van der Waals surface area contributed by atoms with Crippen LogP contribution in [0.25, 0.3) is 0 Å². The van der Waals surface area contributed by atoms with Gasteiger partial charge >= 0.3 is 5.97 Å². The molecule has 0 aromatic heterocycles. The summed E-state index contributed by atoms with van der Waals surface area (Å²) in [7, 11) is -3.25. The lowest BCUT2D eigenvalue weighted by molar-refractivity contribution is -0.139. The van der Waals surface area contributed by atoms with Crippen molar-refractivity contribution in [2.45, 2.75) is 54.6 Å². The van der Waals surface area contributed by atoms with Crippen molar-refractivity contribution in [1.29, 1.82) is 0 Å². The minimum atomic E-state index is -3.25. The first kappa shape index (κ1) is 16.2. The second-order valence-corrected chi connectivity index (χ2v) is 8.82. The van der Waals surface area contributed by atoms with Crippen LogP contribution in [0.4, 0.5) is 0 Å². The molecule has 2 unspecified atom stereocenters. The standard InChI is InChI=1S/C17H20O5S/c18-13-4-1-11(9-13)10-16(17(19)20)12-2-5-14(6-3-12)23(21,22)15-7-8-15/h2-3,5-6,11,15-16H,1,4,7-10H2,(H,19,20). The van der Waals surface area contributed by atoms with E-state index in [0.717, 1.165) is 6.42 Å². The number of Topliss-reactive ketones (excluding diaryl/α,β-unsaturated/α-hetero) is 1. The molecule has 0 bridgehead atoms. The summed E-state index contributed by atoms with van der Waals surface area (Å²) in [6, 6.07) is 6.23. The Bertz CT molecular complexity index is 716. The molecule has 0 aliphatic heterocycles. The minimum absolute atomic E-state index is 0.110. The summed E-state index contributed by atoms with van der Waals surface area (Å²) >= 11 is 0. The third-order valence-corrected chi connectivity index (χ3v) is 7.07. The molecule has 0 saturated heterocycles. The highest BCUT2D eigenvalue weighted by Gasteiger charge is 2.37. The molecule has 2 saturated carbocycles. The lowest BCUT2D eigenvalue weighted by Crippen LogP contribution is -2.16. The molecule has 6 heteroatoms. The summed E-state index contributed by atoms with van der Waals surface area (Å²) in [5.41, 5.74) is 0.603. The first-order chi connectivity index (χ1) is 10.9. The molecule has 0 amide bonds.